The smallest absolute Gasteiger partial charge is 0.308 e. The molecular weight excluding hydrogens is 269 g/mol. The highest BCUT2D eigenvalue weighted by molar-refractivity contribution is 5.26. The highest BCUT2D eigenvalue weighted by Crippen LogP contribution is 2.29. The summed E-state index contributed by atoms with van der Waals surface area (Å²) in [5, 5.41) is 10.7. The quantitative estimate of drug-likeness (QED) is 0.918. The summed E-state index contributed by atoms with van der Waals surface area (Å²) in [5.74, 6) is 0. The third kappa shape index (κ3) is 3.80. The molecule has 1 aromatic heterocycles. The third-order valence-corrected chi connectivity index (χ3v) is 3.00. The number of nitrogens with zero attached hydrogens (tertiary/aromatic N) is 3. The lowest BCUT2D eigenvalue weighted by atomic mass is 10.1. The summed E-state index contributed by atoms with van der Waals surface area (Å²) in [4.78, 5) is 0. The van der Waals surface area contributed by atoms with E-state index in [-0.39, 0.29) is 6.04 Å². The largest absolute Gasteiger partial charge is 0.416 e. The van der Waals surface area contributed by atoms with Crippen LogP contribution in [0.3, 0.4) is 0 Å². The fourth-order valence-corrected chi connectivity index (χ4v) is 1.83. The second-order valence-electron chi connectivity index (χ2n) is 4.46. The van der Waals surface area contributed by atoms with Crippen molar-refractivity contribution in [1.29, 1.82) is 0 Å². The normalized spacial score (nSPS) is 13.4. The van der Waals surface area contributed by atoms with Gasteiger partial charge < -0.3 is 5.32 Å². The summed E-state index contributed by atoms with van der Waals surface area (Å²) in [6.45, 7) is 3.22. The van der Waals surface area contributed by atoms with Gasteiger partial charge in [0, 0.05) is 18.8 Å². The molecule has 0 fully saturated rings. The Kier molecular flexibility index (Phi) is 4.39. The standard InChI is InChI=1S/C13H15F3N4/c1-10(17-6-8-20-9-7-18-19-20)11-2-4-12(5-3-11)13(14,15)16/h2-5,7,9-10,17H,6,8H2,1H3. The van der Waals surface area contributed by atoms with Crippen LogP contribution in [0.2, 0.25) is 0 Å². The Morgan fingerprint density at radius 2 is 1.95 bits per heavy atom. The average molecular weight is 284 g/mol. The molecule has 2 aromatic rings. The van der Waals surface area contributed by atoms with Crippen LogP contribution in [-0.2, 0) is 12.7 Å². The highest BCUT2D eigenvalue weighted by atomic mass is 19.4. The van der Waals surface area contributed by atoms with E-state index < -0.39 is 11.7 Å². The van der Waals surface area contributed by atoms with Gasteiger partial charge in [-0.05, 0) is 24.6 Å². The van der Waals surface area contributed by atoms with Crippen LogP contribution >= 0.6 is 0 Å². The van der Waals surface area contributed by atoms with Gasteiger partial charge >= 0.3 is 6.18 Å². The molecule has 20 heavy (non-hydrogen) atoms. The first-order valence-electron chi connectivity index (χ1n) is 6.21. The van der Waals surface area contributed by atoms with E-state index >= 15 is 0 Å². The van der Waals surface area contributed by atoms with Crippen LogP contribution in [0.1, 0.15) is 24.1 Å². The van der Waals surface area contributed by atoms with Crippen LogP contribution in [0.5, 0.6) is 0 Å². The Morgan fingerprint density at radius 3 is 2.50 bits per heavy atom. The van der Waals surface area contributed by atoms with Gasteiger partial charge in [-0.25, -0.2) is 0 Å². The Labute approximate surface area is 114 Å². The molecule has 0 aliphatic heterocycles. The maximum atomic E-state index is 12.4. The van der Waals surface area contributed by atoms with Gasteiger partial charge in [0.25, 0.3) is 0 Å². The molecule has 1 atom stereocenters. The van der Waals surface area contributed by atoms with E-state index in [9.17, 15) is 13.2 Å². The number of halogens is 3. The second kappa shape index (κ2) is 6.04. The first-order valence-corrected chi connectivity index (χ1v) is 6.21. The van der Waals surface area contributed by atoms with Crippen LogP contribution in [0.4, 0.5) is 13.2 Å². The molecular formula is C13H15F3N4. The van der Waals surface area contributed by atoms with Crippen molar-refractivity contribution in [1.82, 2.24) is 20.3 Å². The minimum atomic E-state index is -4.29. The van der Waals surface area contributed by atoms with E-state index in [0.717, 1.165) is 17.7 Å². The van der Waals surface area contributed by atoms with Gasteiger partial charge in [0.15, 0.2) is 0 Å². The Balaban J connectivity index is 1.87. The predicted octanol–water partition coefficient (Wildman–Crippen LogP) is 2.65. The van der Waals surface area contributed by atoms with Crippen LogP contribution in [0, 0.1) is 0 Å². The second-order valence-corrected chi connectivity index (χ2v) is 4.46. The Hall–Kier alpha value is -1.89. The topological polar surface area (TPSA) is 42.7 Å². The molecule has 4 nitrogen and oxygen atoms in total. The molecule has 0 bridgehead atoms. The molecule has 0 spiro atoms. The van der Waals surface area contributed by atoms with Gasteiger partial charge in [-0.2, -0.15) is 13.2 Å². The molecule has 1 aromatic carbocycles. The average Bonchev–Trinajstić information content (AvgIpc) is 2.91. The highest BCUT2D eigenvalue weighted by Gasteiger charge is 2.30. The molecule has 0 aliphatic rings. The lowest BCUT2D eigenvalue weighted by Gasteiger charge is -2.15. The number of rotatable bonds is 5. The van der Waals surface area contributed by atoms with Gasteiger partial charge in [-0.15, -0.1) is 5.10 Å². The molecule has 0 amide bonds. The fourth-order valence-electron chi connectivity index (χ4n) is 1.83. The zero-order chi connectivity index (χ0) is 14.6. The Bertz CT molecular complexity index is 520. The summed E-state index contributed by atoms with van der Waals surface area (Å²) < 4.78 is 39.0. The van der Waals surface area contributed by atoms with E-state index in [1.807, 2.05) is 6.92 Å². The molecule has 0 saturated heterocycles. The molecule has 1 N–H and O–H groups in total. The molecule has 7 heteroatoms. The molecule has 2 rings (SSSR count). The van der Waals surface area contributed by atoms with Gasteiger partial charge in [-0.3, -0.25) is 4.68 Å². The van der Waals surface area contributed by atoms with E-state index in [2.05, 4.69) is 15.6 Å². The molecule has 0 radical (unpaired) electrons. The van der Waals surface area contributed by atoms with Crippen molar-refractivity contribution in [3.05, 3.63) is 47.8 Å². The first-order chi connectivity index (χ1) is 9.47. The van der Waals surface area contributed by atoms with Crippen LogP contribution in [0.15, 0.2) is 36.7 Å². The lowest BCUT2D eigenvalue weighted by molar-refractivity contribution is -0.137. The van der Waals surface area contributed by atoms with Crippen molar-refractivity contribution in [3.63, 3.8) is 0 Å². The van der Waals surface area contributed by atoms with Crippen molar-refractivity contribution in [2.24, 2.45) is 0 Å². The number of nitrogens with one attached hydrogen (secondary N) is 1. The number of hydrogen-bond donors (Lipinski definition) is 1. The van der Waals surface area contributed by atoms with Gasteiger partial charge in [-0.1, -0.05) is 17.3 Å². The van der Waals surface area contributed by atoms with Crippen molar-refractivity contribution in [2.75, 3.05) is 6.54 Å². The van der Waals surface area contributed by atoms with E-state index in [0.29, 0.717) is 13.1 Å². The SMILES string of the molecule is CC(NCCn1ccnn1)c1ccc(C(F)(F)F)cc1. The van der Waals surface area contributed by atoms with E-state index in [1.165, 1.54) is 12.1 Å². The summed E-state index contributed by atoms with van der Waals surface area (Å²) in [6, 6.07) is 5.17. The van der Waals surface area contributed by atoms with E-state index in [1.54, 1.807) is 17.1 Å². The molecule has 1 unspecified atom stereocenters. The third-order valence-electron chi connectivity index (χ3n) is 3.00. The zero-order valence-electron chi connectivity index (χ0n) is 10.9. The van der Waals surface area contributed by atoms with Gasteiger partial charge in [0.05, 0.1) is 18.3 Å². The van der Waals surface area contributed by atoms with Crippen molar-refractivity contribution < 1.29 is 13.2 Å². The first kappa shape index (κ1) is 14.5. The predicted molar refractivity (Wildman–Crippen MR) is 67.9 cm³/mol. The maximum absolute atomic E-state index is 12.4. The van der Waals surface area contributed by atoms with Crippen molar-refractivity contribution >= 4 is 0 Å². The van der Waals surface area contributed by atoms with Crippen molar-refractivity contribution in [2.45, 2.75) is 25.7 Å². The van der Waals surface area contributed by atoms with Crippen LogP contribution < -0.4 is 5.32 Å². The van der Waals surface area contributed by atoms with E-state index in [4.69, 9.17) is 0 Å². The Morgan fingerprint density at radius 1 is 1.25 bits per heavy atom. The van der Waals surface area contributed by atoms with Gasteiger partial charge in [0.1, 0.15) is 0 Å². The minimum absolute atomic E-state index is 0.0270. The maximum Gasteiger partial charge on any atom is 0.416 e. The number of benzene rings is 1. The summed E-state index contributed by atoms with van der Waals surface area (Å²) >= 11 is 0. The molecule has 0 aliphatic carbocycles. The van der Waals surface area contributed by atoms with Crippen LogP contribution in [-0.4, -0.2) is 21.5 Å². The van der Waals surface area contributed by atoms with Gasteiger partial charge in [0.2, 0.25) is 0 Å². The summed E-state index contributed by atoms with van der Waals surface area (Å²) in [5.41, 5.74) is 0.188. The lowest BCUT2D eigenvalue weighted by Crippen LogP contribution is -2.23. The summed E-state index contributed by atoms with van der Waals surface area (Å²) in [6.07, 6.45) is -0.938. The van der Waals surface area contributed by atoms with Crippen LogP contribution in [0.25, 0.3) is 0 Å². The number of aromatic nitrogens is 3. The number of alkyl halides is 3. The minimum Gasteiger partial charge on any atom is -0.308 e. The zero-order valence-corrected chi connectivity index (χ0v) is 10.9. The monoisotopic (exact) mass is 284 g/mol. The molecule has 0 saturated carbocycles. The fraction of sp³-hybridized carbons (Fsp3) is 0.385. The number of hydrogen-bond acceptors (Lipinski definition) is 3. The van der Waals surface area contributed by atoms with Crippen molar-refractivity contribution in [3.8, 4) is 0 Å². The summed E-state index contributed by atoms with van der Waals surface area (Å²) in [7, 11) is 0. The molecule has 1 heterocycles. The molecule has 108 valence electrons.